The van der Waals surface area contributed by atoms with Crippen molar-refractivity contribution in [3.63, 3.8) is 0 Å². The van der Waals surface area contributed by atoms with Crippen molar-refractivity contribution in [1.29, 1.82) is 0 Å². The SMILES string of the molecule is C[CH2][Rb].O[Si](O)(O)O. The normalized spacial score (nSPS) is 9.88. The summed E-state index contributed by atoms with van der Waals surface area (Å²) in [5.74, 6) is 0. The van der Waals surface area contributed by atoms with Crippen LogP contribution in [-0.2, 0) is 0 Å². The van der Waals surface area contributed by atoms with Gasteiger partial charge in [0.1, 0.15) is 0 Å². The van der Waals surface area contributed by atoms with Crippen LogP contribution in [0.15, 0.2) is 0 Å². The van der Waals surface area contributed by atoms with Crippen LogP contribution in [0.2, 0.25) is -0.511 Å². The molecule has 0 spiro atoms. The van der Waals surface area contributed by atoms with Crippen molar-refractivity contribution in [2.45, 2.75) is 6.41 Å². The third kappa shape index (κ3) is 107. The van der Waals surface area contributed by atoms with Gasteiger partial charge in [0.2, 0.25) is 0 Å². The molecule has 0 amide bonds. The number of rotatable bonds is 0. The smallest absolute Gasteiger partial charge is 0.368 e. The molecular weight excluding hydrogens is 202 g/mol. The van der Waals surface area contributed by atoms with Crippen LogP contribution < -0.4 is 0 Å². The van der Waals surface area contributed by atoms with Gasteiger partial charge in [-0.25, -0.2) is 0 Å². The van der Waals surface area contributed by atoms with Crippen LogP contribution in [0, 0.1) is 0 Å². The predicted molar refractivity (Wildman–Crippen MR) is 30.9 cm³/mol. The minimum atomic E-state index is -4.61. The molecule has 0 saturated carbocycles. The van der Waals surface area contributed by atoms with Crippen LogP contribution in [0.3, 0.4) is 0 Å². The van der Waals surface area contributed by atoms with E-state index in [0.717, 1.165) is 55.5 Å². The fourth-order valence-corrected chi connectivity index (χ4v) is 0. The number of hydrogen-bond acceptors (Lipinski definition) is 4. The largest absolute Gasteiger partial charge is 0.668 e. The first-order chi connectivity index (χ1) is 3.41. The van der Waals surface area contributed by atoms with Crippen LogP contribution >= 0.6 is 0 Å². The predicted octanol–water partition coefficient (Wildman–Crippen LogP) is -2.02. The van der Waals surface area contributed by atoms with Gasteiger partial charge in [0, 0.05) is 0 Å². The summed E-state index contributed by atoms with van der Waals surface area (Å²) < 4.78 is 1.46. The third-order valence-electron chi connectivity index (χ3n) is 0. The fourth-order valence-electron chi connectivity index (χ4n) is 0. The van der Waals surface area contributed by atoms with Crippen LogP contribution in [0.5, 0.6) is 0 Å². The van der Waals surface area contributed by atoms with Gasteiger partial charge in [0.15, 0.2) is 0 Å². The minimum Gasteiger partial charge on any atom is -0.368 e. The second-order valence-electron chi connectivity index (χ2n) is 1.31. The number of hydrogen-bond donors (Lipinski definition) is 4. The molecular formula is C2H9O4RbSi. The molecule has 0 rings (SSSR count). The molecule has 0 aliphatic rings. The molecule has 0 heterocycles. The van der Waals surface area contributed by atoms with Gasteiger partial charge < -0.3 is 19.2 Å². The van der Waals surface area contributed by atoms with E-state index in [-0.39, 0.29) is 0 Å². The van der Waals surface area contributed by atoms with Crippen LogP contribution in [0.4, 0.5) is 0 Å². The Kier molecular flexibility index (Phi) is 10.9. The Morgan fingerprint density at radius 1 is 1.25 bits per heavy atom. The van der Waals surface area contributed by atoms with Crippen LogP contribution in [0.25, 0.3) is 0 Å². The van der Waals surface area contributed by atoms with Gasteiger partial charge >= 0.3 is 71.0 Å². The summed E-state index contributed by atoms with van der Waals surface area (Å²) in [6.45, 7) is 2.22. The van der Waals surface area contributed by atoms with Crippen molar-refractivity contribution in [3.8, 4) is 0 Å². The van der Waals surface area contributed by atoms with Crippen molar-refractivity contribution < 1.29 is 19.2 Å². The maximum atomic E-state index is 7.33. The van der Waals surface area contributed by atoms with E-state index in [9.17, 15) is 0 Å². The second kappa shape index (κ2) is 6.97. The van der Waals surface area contributed by atoms with E-state index in [4.69, 9.17) is 19.2 Å². The Morgan fingerprint density at radius 2 is 1.25 bits per heavy atom. The van der Waals surface area contributed by atoms with E-state index in [1.54, 1.807) is 0 Å². The molecule has 4 nitrogen and oxygen atoms in total. The zero-order valence-electron chi connectivity index (χ0n) is 5.00. The monoisotopic (exact) mass is 210 g/mol. The Morgan fingerprint density at radius 3 is 1.25 bits per heavy atom. The first-order valence-electron chi connectivity index (χ1n) is 2.31. The van der Waals surface area contributed by atoms with Crippen LogP contribution in [-0.4, -0.2) is 83.8 Å². The first-order valence-corrected chi connectivity index (χ1v) is 7.57. The van der Waals surface area contributed by atoms with Gasteiger partial charge in [-0.15, -0.1) is 0 Å². The molecule has 0 unspecified atom stereocenters. The molecule has 0 aromatic rings. The molecule has 0 radical (unpaired) electrons. The van der Waals surface area contributed by atoms with Gasteiger partial charge in [0.05, 0.1) is 0 Å². The molecule has 0 atom stereocenters. The van der Waals surface area contributed by atoms with E-state index in [0.29, 0.717) is 0 Å². The van der Waals surface area contributed by atoms with E-state index in [1.165, 1.54) is -0.511 Å². The summed E-state index contributed by atoms with van der Waals surface area (Å²) >= 11 is 0.982. The summed E-state index contributed by atoms with van der Waals surface area (Å²) in [4.78, 5) is 29.3. The fraction of sp³-hybridized carbons (Fsp3) is 1.00. The van der Waals surface area contributed by atoms with Crippen molar-refractivity contribution >= 4 is 64.6 Å². The Balaban J connectivity index is 0. The van der Waals surface area contributed by atoms with E-state index in [1.807, 2.05) is 0 Å². The average molecular weight is 211 g/mol. The maximum Gasteiger partial charge on any atom is 0.668 e. The third-order valence-corrected chi connectivity index (χ3v) is 0. The van der Waals surface area contributed by atoms with Crippen molar-refractivity contribution in [1.82, 2.24) is 0 Å². The second-order valence-corrected chi connectivity index (χ2v) is 5.98. The van der Waals surface area contributed by atoms with E-state index < -0.39 is 9.05 Å². The Labute approximate surface area is 88.4 Å². The first kappa shape index (κ1) is 12.5. The summed E-state index contributed by atoms with van der Waals surface area (Å²) in [7, 11) is -4.61. The standard InChI is InChI=1S/C2H5.H4O4Si.Rb/c1-2;1-5(2,3)4;/h1H2,2H3;1-4H;. The van der Waals surface area contributed by atoms with E-state index >= 15 is 0 Å². The zero-order chi connectivity index (χ0) is 7.21. The summed E-state index contributed by atoms with van der Waals surface area (Å²) in [5, 5.41) is 0. The molecule has 46 valence electrons. The summed E-state index contributed by atoms with van der Waals surface area (Å²) in [6.07, 6.45) is 0. The van der Waals surface area contributed by atoms with Crippen molar-refractivity contribution in [3.05, 3.63) is 0 Å². The molecule has 0 aliphatic carbocycles. The maximum absolute atomic E-state index is 7.33. The van der Waals surface area contributed by atoms with Gasteiger partial charge in [-0.3, -0.25) is 0 Å². The zero-order valence-corrected chi connectivity index (χ0v) is 10.9. The Bertz CT molecular complexity index is 37.8. The molecule has 6 heteroatoms. The Hall–Kier alpha value is 1.86. The molecule has 4 N–H and O–H groups in total. The average Bonchev–Trinajstić information content (AvgIpc) is 1.27. The van der Waals surface area contributed by atoms with Gasteiger partial charge in [-0.05, 0) is 0 Å². The van der Waals surface area contributed by atoms with Crippen molar-refractivity contribution in [2.24, 2.45) is 0 Å². The van der Waals surface area contributed by atoms with E-state index in [2.05, 4.69) is 6.92 Å². The minimum absolute atomic E-state index is 0.982. The molecule has 8 heavy (non-hydrogen) atoms. The van der Waals surface area contributed by atoms with Gasteiger partial charge in [0.25, 0.3) is 0 Å². The summed E-state index contributed by atoms with van der Waals surface area (Å²) in [6, 6.07) is 0. The van der Waals surface area contributed by atoms with Crippen molar-refractivity contribution in [2.75, 3.05) is 0 Å². The van der Waals surface area contributed by atoms with Gasteiger partial charge in [-0.2, -0.15) is 0 Å². The topological polar surface area (TPSA) is 80.9 Å². The molecule has 0 saturated heterocycles. The molecule has 0 aliphatic heterocycles. The molecule has 0 fully saturated rings. The quantitative estimate of drug-likeness (QED) is 0.348. The molecule has 0 aromatic carbocycles. The molecule has 0 aromatic heterocycles. The summed E-state index contributed by atoms with van der Waals surface area (Å²) in [5.41, 5.74) is 0. The molecule has 0 bridgehead atoms. The van der Waals surface area contributed by atoms with Crippen LogP contribution in [0.1, 0.15) is 6.92 Å². The van der Waals surface area contributed by atoms with Gasteiger partial charge in [-0.1, -0.05) is 0 Å².